The van der Waals surface area contributed by atoms with E-state index in [1.807, 2.05) is 0 Å². The summed E-state index contributed by atoms with van der Waals surface area (Å²) < 4.78 is 22.4. The van der Waals surface area contributed by atoms with E-state index < -0.39 is 10.0 Å². The number of anilines is 1. The molecular weight excluding hydrogens is 306 g/mol. The summed E-state index contributed by atoms with van der Waals surface area (Å²) in [5.74, 6) is 0. The van der Waals surface area contributed by atoms with Gasteiger partial charge in [0.15, 0.2) is 5.11 Å². The van der Waals surface area contributed by atoms with Gasteiger partial charge in [0.25, 0.3) is 0 Å². The van der Waals surface area contributed by atoms with Gasteiger partial charge in [-0.05, 0) is 69.6 Å². The van der Waals surface area contributed by atoms with Gasteiger partial charge in [-0.3, -0.25) is 0 Å². The third-order valence-corrected chi connectivity index (χ3v) is 5.10. The Kier molecular flexibility index (Phi) is 4.85. The third-order valence-electron chi connectivity index (χ3n) is 3.86. The van der Waals surface area contributed by atoms with Crippen molar-refractivity contribution in [3.8, 4) is 0 Å². The number of rotatable bonds is 2. The average molecular weight is 327 g/mol. The molecule has 1 aromatic rings. The van der Waals surface area contributed by atoms with Crippen molar-refractivity contribution in [1.82, 2.24) is 4.90 Å². The smallest absolute Gasteiger partial charge is 0.238 e. The molecule has 0 aliphatic carbocycles. The van der Waals surface area contributed by atoms with E-state index >= 15 is 0 Å². The number of sulfonamides is 1. The van der Waals surface area contributed by atoms with Gasteiger partial charge in [-0.1, -0.05) is 0 Å². The zero-order valence-corrected chi connectivity index (χ0v) is 13.9. The largest absolute Gasteiger partial charge is 0.344 e. The number of piperidine rings is 1. The molecule has 0 saturated carbocycles. The molecule has 0 aromatic heterocycles. The zero-order valence-electron chi connectivity index (χ0n) is 12.2. The molecule has 7 heteroatoms. The summed E-state index contributed by atoms with van der Waals surface area (Å²) in [6, 6.07) is 7.12. The van der Waals surface area contributed by atoms with Crippen molar-refractivity contribution in [3.63, 3.8) is 0 Å². The molecule has 1 aliphatic heterocycles. The lowest BCUT2D eigenvalue weighted by Crippen LogP contribution is -2.49. The van der Waals surface area contributed by atoms with Crippen LogP contribution >= 0.6 is 12.2 Å². The monoisotopic (exact) mass is 327 g/mol. The lowest BCUT2D eigenvalue weighted by molar-refractivity contribution is 0.194. The van der Waals surface area contributed by atoms with Crippen molar-refractivity contribution in [1.29, 1.82) is 0 Å². The van der Waals surface area contributed by atoms with Gasteiger partial charge in [-0.2, -0.15) is 0 Å². The number of primary sulfonamides is 1. The Morgan fingerprint density at radius 1 is 1.24 bits per heavy atom. The predicted molar refractivity (Wildman–Crippen MR) is 88.6 cm³/mol. The molecule has 0 spiro atoms. The molecule has 3 N–H and O–H groups in total. The van der Waals surface area contributed by atoms with Crippen LogP contribution in [-0.2, 0) is 10.0 Å². The molecular formula is C14H21N3O2S2. The number of thiocarbonyl (C=S) groups is 1. The molecule has 0 amide bonds. The fraction of sp³-hybridized carbons (Fsp3) is 0.500. The average Bonchev–Trinajstić information content (AvgIpc) is 2.38. The van der Waals surface area contributed by atoms with Crippen molar-refractivity contribution in [2.75, 3.05) is 5.32 Å². The molecule has 21 heavy (non-hydrogen) atoms. The maximum atomic E-state index is 11.2. The van der Waals surface area contributed by atoms with E-state index in [0.717, 1.165) is 18.5 Å². The van der Waals surface area contributed by atoms with E-state index in [0.29, 0.717) is 17.2 Å². The molecule has 1 saturated heterocycles. The summed E-state index contributed by atoms with van der Waals surface area (Å²) >= 11 is 5.49. The minimum atomic E-state index is -3.66. The Labute approximate surface area is 131 Å². The van der Waals surface area contributed by atoms with E-state index in [1.165, 1.54) is 18.6 Å². The first kappa shape index (κ1) is 16.2. The van der Waals surface area contributed by atoms with Gasteiger partial charge < -0.3 is 10.2 Å². The quantitative estimate of drug-likeness (QED) is 0.815. The molecule has 1 heterocycles. The summed E-state index contributed by atoms with van der Waals surface area (Å²) in [4.78, 5) is 2.31. The van der Waals surface area contributed by atoms with Gasteiger partial charge in [-0.25, -0.2) is 13.6 Å². The Morgan fingerprint density at radius 2 is 1.76 bits per heavy atom. The highest BCUT2D eigenvalue weighted by molar-refractivity contribution is 7.89. The van der Waals surface area contributed by atoms with Crippen LogP contribution in [-0.4, -0.2) is 30.5 Å². The second-order valence-electron chi connectivity index (χ2n) is 5.54. The number of benzene rings is 1. The summed E-state index contributed by atoms with van der Waals surface area (Å²) in [5.41, 5.74) is 0.761. The van der Waals surface area contributed by atoms with Crippen LogP contribution in [0.5, 0.6) is 0 Å². The Balaban J connectivity index is 2.09. The van der Waals surface area contributed by atoms with Gasteiger partial charge in [0.2, 0.25) is 10.0 Å². The van der Waals surface area contributed by atoms with Gasteiger partial charge in [-0.15, -0.1) is 0 Å². The zero-order chi connectivity index (χ0) is 15.6. The van der Waals surface area contributed by atoms with E-state index in [-0.39, 0.29) is 4.90 Å². The van der Waals surface area contributed by atoms with Gasteiger partial charge in [0, 0.05) is 17.8 Å². The van der Waals surface area contributed by atoms with Crippen molar-refractivity contribution >= 4 is 33.0 Å². The van der Waals surface area contributed by atoms with E-state index in [1.54, 1.807) is 12.1 Å². The second kappa shape index (κ2) is 6.29. The molecule has 116 valence electrons. The summed E-state index contributed by atoms with van der Waals surface area (Å²) in [7, 11) is -3.66. The minimum Gasteiger partial charge on any atom is -0.344 e. The lowest BCUT2D eigenvalue weighted by atomic mass is 9.98. The molecule has 0 radical (unpaired) electrons. The summed E-state index contributed by atoms with van der Waals surface area (Å²) in [6.07, 6.45) is 3.50. The molecule has 2 atom stereocenters. The molecule has 5 nitrogen and oxygen atoms in total. The number of hydrogen-bond donors (Lipinski definition) is 2. The Hall–Kier alpha value is -1.18. The van der Waals surface area contributed by atoms with Crippen LogP contribution in [0, 0.1) is 0 Å². The normalized spacial score (nSPS) is 22.9. The Morgan fingerprint density at radius 3 is 2.24 bits per heavy atom. The van der Waals surface area contributed by atoms with Crippen molar-refractivity contribution < 1.29 is 8.42 Å². The summed E-state index contributed by atoms with van der Waals surface area (Å²) in [5, 5.41) is 8.93. The lowest BCUT2D eigenvalue weighted by Gasteiger charge is -2.40. The van der Waals surface area contributed by atoms with Crippen LogP contribution in [0.4, 0.5) is 5.69 Å². The highest BCUT2D eigenvalue weighted by Crippen LogP contribution is 2.24. The summed E-state index contributed by atoms with van der Waals surface area (Å²) in [6.45, 7) is 4.35. The minimum absolute atomic E-state index is 0.0960. The molecule has 1 aliphatic rings. The Bertz CT molecular complexity index is 604. The molecule has 0 bridgehead atoms. The number of nitrogens with one attached hydrogen (secondary N) is 1. The second-order valence-corrected chi connectivity index (χ2v) is 7.48. The van der Waals surface area contributed by atoms with Crippen LogP contribution < -0.4 is 10.5 Å². The molecule has 2 rings (SSSR count). The van der Waals surface area contributed by atoms with E-state index in [2.05, 4.69) is 24.1 Å². The van der Waals surface area contributed by atoms with Crippen LogP contribution in [0.1, 0.15) is 33.1 Å². The first-order valence-corrected chi connectivity index (χ1v) is 8.96. The van der Waals surface area contributed by atoms with Crippen LogP contribution in [0.15, 0.2) is 29.2 Å². The maximum Gasteiger partial charge on any atom is 0.238 e. The first-order valence-electron chi connectivity index (χ1n) is 7.01. The third kappa shape index (κ3) is 3.93. The van der Waals surface area contributed by atoms with E-state index in [4.69, 9.17) is 17.4 Å². The van der Waals surface area contributed by atoms with Gasteiger partial charge in [0.05, 0.1) is 4.90 Å². The highest BCUT2D eigenvalue weighted by atomic mass is 32.2. The number of hydrogen-bond acceptors (Lipinski definition) is 3. The van der Waals surface area contributed by atoms with Crippen LogP contribution in [0.3, 0.4) is 0 Å². The number of nitrogens with zero attached hydrogens (tertiary/aromatic N) is 1. The van der Waals surface area contributed by atoms with Crippen molar-refractivity contribution in [2.24, 2.45) is 5.14 Å². The standard InChI is InChI=1S/C14H21N3O2S2/c1-10-4-3-5-11(2)17(10)14(20)16-12-6-8-13(9-7-12)21(15,18)19/h6-11H,3-5H2,1-2H3,(H,16,20)(H2,15,18,19). The fourth-order valence-electron chi connectivity index (χ4n) is 2.74. The SMILES string of the molecule is CC1CCCC(C)N1C(=S)Nc1ccc(S(N)(=O)=O)cc1. The maximum absolute atomic E-state index is 11.2. The number of likely N-dealkylation sites (tertiary alicyclic amines) is 1. The highest BCUT2D eigenvalue weighted by Gasteiger charge is 2.26. The number of nitrogens with two attached hydrogens (primary N) is 1. The topological polar surface area (TPSA) is 75.4 Å². The first-order chi connectivity index (χ1) is 9.79. The van der Waals surface area contributed by atoms with Crippen molar-refractivity contribution in [2.45, 2.75) is 50.1 Å². The molecule has 1 fully saturated rings. The van der Waals surface area contributed by atoms with Crippen molar-refractivity contribution in [3.05, 3.63) is 24.3 Å². The van der Waals surface area contributed by atoms with Gasteiger partial charge in [0.1, 0.15) is 0 Å². The van der Waals surface area contributed by atoms with Crippen LogP contribution in [0.2, 0.25) is 0 Å². The molecule has 2 unspecified atom stereocenters. The van der Waals surface area contributed by atoms with Gasteiger partial charge >= 0.3 is 0 Å². The predicted octanol–water partition coefficient (Wildman–Crippen LogP) is 2.29. The van der Waals surface area contributed by atoms with Crippen LogP contribution in [0.25, 0.3) is 0 Å². The fourth-order valence-corrected chi connectivity index (χ4v) is 3.73. The van der Waals surface area contributed by atoms with E-state index in [9.17, 15) is 8.42 Å². The molecule has 1 aromatic carbocycles.